The smallest absolute Gasteiger partial charge is 0.332 e. The fraction of sp³-hybridized carbons (Fsp3) is 0.273. The van der Waals surface area contributed by atoms with Crippen molar-refractivity contribution < 1.29 is 55.2 Å². The number of nitrogens with two attached hydrogens (primary N) is 1. The van der Waals surface area contributed by atoms with Crippen LogP contribution < -0.4 is 30.7 Å². The quantitative estimate of drug-likeness (QED) is 0.0411. The molecule has 3 aromatic carbocycles. The van der Waals surface area contributed by atoms with Crippen molar-refractivity contribution >= 4 is 113 Å². The fourth-order valence-electron chi connectivity index (χ4n) is 9.21. The normalized spacial score (nSPS) is 13.7. The van der Waals surface area contributed by atoms with E-state index in [1.165, 1.54) is 36.5 Å². The van der Waals surface area contributed by atoms with E-state index in [1.54, 1.807) is 73.6 Å². The minimum absolute atomic E-state index is 0.177. The van der Waals surface area contributed by atoms with Gasteiger partial charge in [-0.2, -0.15) is 0 Å². The largest absolute Gasteiger partial charge is 0.480 e. The van der Waals surface area contributed by atoms with Gasteiger partial charge >= 0.3 is 11.9 Å². The van der Waals surface area contributed by atoms with Crippen molar-refractivity contribution in [3.05, 3.63) is 212 Å². The second-order valence-corrected chi connectivity index (χ2v) is 22.0. The first kappa shape index (κ1) is 72.5. The van der Waals surface area contributed by atoms with Crippen LogP contribution in [0.5, 0.6) is 0 Å². The van der Waals surface area contributed by atoms with Crippen molar-refractivity contribution in [2.45, 2.75) is 63.4 Å². The van der Waals surface area contributed by atoms with Gasteiger partial charge in [-0.3, -0.25) is 19.8 Å². The summed E-state index contributed by atoms with van der Waals surface area (Å²) in [4.78, 5) is 63.8. The Balaban J connectivity index is 0.000000198. The number of nitrogen functional groups attached to an aromatic ring is 1. The minimum Gasteiger partial charge on any atom is -0.480 e. The molecule has 20 nitrogen and oxygen atoms in total. The number of carbonyl (C=O) groups excluding carboxylic acids is 1. The number of alkyl halides is 2. The van der Waals surface area contributed by atoms with Gasteiger partial charge in [-0.1, -0.05) is 54.6 Å². The van der Waals surface area contributed by atoms with Crippen molar-refractivity contribution in [2.24, 2.45) is 0 Å². The number of esters is 1. The number of aliphatic carboxylic acids is 1. The van der Waals surface area contributed by atoms with Gasteiger partial charge in [0.05, 0.1) is 62.8 Å². The van der Waals surface area contributed by atoms with Crippen molar-refractivity contribution in [3.8, 4) is 0 Å². The number of ether oxygens (including phenoxy) is 3. The Bertz CT molecular complexity index is 3710. The number of hydrogen-bond acceptors (Lipinski definition) is 19. The third-order valence-corrected chi connectivity index (χ3v) is 13.7. The predicted octanol–water partition coefficient (Wildman–Crippen LogP) is 14.6. The van der Waals surface area contributed by atoms with E-state index in [9.17, 15) is 31.5 Å². The number of carbonyl (C=O) groups is 2. The van der Waals surface area contributed by atoms with Gasteiger partial charge in [-0.15, -0.1) is 0 Å². The average molecular weight is 1520 g/mol. The summed E-state index contributed by atoms with van der Waals surface area (Å²) in [6, 6.07) is 40.0. The van der Waals surface area contributed by atoms with Gasteiger partial charge < -0.3 is 40.2 Å². The summed E-state index contributed by atoms with van der Waals surface area (Å²) in [7, 11) is 0. The number of hydrogen-bond donors (Lipinski definition) is 3. The van der Waals surface area contributed by atoms with Crippen molar-refractivity contribution in [1.29, 1.82) is 0 Å². The highest BCUT2D eigenvalue weighted by Gasteiger charge is 2.37. The standard InChI is InChI=1S/C27H31F2N5O3.C23H23F2N5O3.C11H9FN2.C5H5FN2.I2/c1-26(2,3)37-25(35)18-36-19-27(29)11-13-33(14-12-27)23-16-30-17-24(32-23)34(21-7-5-4-6-8-21)22-10-9-20(28)15-31-22;24-17-6-7-19(27-12-17)30(18-4-2-1-3-5-18)21-14-26-13-20(28-21)29-10-8-23(25,9-11-29)16-33-15-22(31)32;12-9-6-7-11(13-8-9)14-10-4-2-1-3-5-10;6-4-1-2-5(7)8-3-4;1-2/h4-10,15-17H,11-14,18-19H2,1-3H3;1-7,12-14H,8-11,15-16H2,(H,31,32);1-8H,(H,13,14);1-3H,(H2,7,8);. The second-order valence-electron chi connectivity index (χ2n) is 22.0. The molecule has 0 unspecified atom stereocenters. The van der Waals surface area contributed by atoms with Crippen molar-refractivity contribution in [3.63, 3.8) is 0 Å². The summed E-state index contributed by atoms with van der Waals surface area (Å²) < 4.78 is 97.3. The van der Waals surface area contributed by atoms with Crippen LogP contribution in [0.4, 0.5) is 89.9 Å². The molecule has 2 aliphatic rings. The Hall–Kier alpha value is -8.88. The SMILES string of the molecule is CC(C)(C)OC(=O)COCC1(F)CCN(c2cncc(N(c3ccccc3)c3ccc(F)cn3)n2)CC1.Fc1ccc(Nc2ccccc2)nc1.II.Nc1ccc(F)cn1.O=C(O)COCC1(F)CCN(c2cncc(N(c3ccccc3)c3ccc(F)cn3)n2)CC1. The summed E-state index contributed by atoms with van der Waals surface area (Å²) in [5.41, 5.74) is 3.92. The third kappa shape index (κ3) is 23.6. The molecular formula is C66H68F6I2N14O6. The van der Waals surface area contributed by atoms with Gasteiger partial charge in [0.2, 0.25) is 0 Å². The summed E-state index contributed by atoms with van der Waals surface area (Å²) in [6.07, 6.45) is 11.8. The molecule has 2 saturated heterocycles. The van der Waals surface area contributed by atoms with Gasteiger partial charge in [0, 0.05) is 106 Å². The zero-order chi connectivity index (χ0) is 67.5. The van der Waals surface area contributed by atoms with E-state index in [4.69, 9.17) is 35.0 Å². The zero-order valence-corrected chi connectivity index (χ0v) is 55.7. The molecule has 2 fully saturated rings. The number of carboxylic acid groups (broad SMARTS) is 1. The van der Waals surface area contributed by atoms with E-state index in [-0.39, 0.29) is 57.1 Å². The highest BCUT2D eigenvalue weighted by atomic mass is 128. The molecule has 0 bridgehead atoms. The Morgan fingerprint density at radius 3 is 1.32 bits per heavy atom. The molecule has 0 amide bonds. The number of aromatic nitrogens is 8. The van der Waals surface area contributed by atoms with Gasteiger partial charge in [0.1, 0.15) is 88.3 Å². The molecule has 8 heterocycles. The van der Waals surface area contributed by atoms with Crippen LogP contribution in [0.25, 0.3) is 0 Å². The van der Waals surface area contributed by atoms with Gasteiger partial charge in [-0.25, -0.2) is 65.8 Å². The highest BCUT2D eigenvalue weighted by Crippen LogP contribution is 2.36. The number of piperidine rings is 2. The lowest BCUT2D eigenvalue weighted by atomic mass is 9.94. The van der Waals surface area contributed by atoms with Crippen LogP contribution in [0.3, 0.4) is 0 Å². The number of nitrogens with zero attached hydrogens (tertiary/aromatic N) is 12. The molecule has 0 radical (unpaired) electrons. The monoisotopic (exact) mass is 1520 g/mol. The van der Waals surface area contributed by atoms with Crippen LogP contribution in [0, 0.1) is 23.3 Å². The van der Waals surface area contributed by atoms with Crippen LogP contribution in [0.2, 0.25) is 0 Å². The van der Waals surface area contributed by atoms with E-state index in [2.05, 4.69) is 72.5 Å². The zero-order valence-electron chi connectivity index (χ0n) is 51.3. The summed E-state index contributed by atoms with van der Waals surface area (Å²) in [6.45, 7) is 5.65. The van der Waals surface area contributed by atoms with Crippen LogP contribution in [-0.4, -0.2) is 126 Å². The average Bonchev–Trinajstić information content (AvgIpc) is 1.09. The lowest BCUT2D eigenvalue weighted by Gasteiger charge is -2.37. The number of nitrogens with one attached hydrogen (secondary N) is 1. The lowest BCUT2D eigenvalue weighted by molar-refractivity contribution is -0.161. The van der Waals surface area contributed by atoms with Crippen molar-refractivity contribution in [2.75, 3.05) is 83.3 Å². The van der Waals surface area contributed by atoms with E-state index in [0.29, 0.717) is 72.7 Å². The molecule has 0 saturated carbocycles. The molecule has 2 aliphatic heterocycles. The highest BCUT2D eigenvalue weighted by molar-refractivity contribution is 15.0. The van der Waals surface area contributed by atoms with Gasteiger partial charge in [0.25, 0.3) is 0 Å². The van der Waals surface area contributed by atoms with E-state index >= 15 is 4.39 Å². The van der Waals surface area contributed by atoms with Gasteiger partial charge in [0.15, 0.2) is 11.6 Å². The maximum absolute atomic E-state index is 15.3. The summed E-state index contributed by atoms with van der Waals surface area (Å²) >= 11 is 4.24. The Morgan fingerprint density at radius 2 is 0.947 bits per heavy atom. The fourth-order valence-corrected chi connectivity index (χ4v) is 9.21. The van der Waals surface area contributed by atoms with Crippen LogP contribution in [0.15, 0.2) is 189 Å². The molecule has 0 spiro atoms. The van der Waals surface area contributed by atoms with Crippen LogP contribution in [-0.2, 0) is 23.8 Å². The molecule has 9 aromatic rings. The topological polar surface area (TPSA) is 236 Å². The number of benzene rings is 3. The van der Waals surface area contributed by atoms with Crippen LogP contribution >= 0.6 is 37.2 Å². The Kier molecular flexibility index (Phi) is 27.8. The predicted molar refractivity (Wildman–Crippen MR) is 365 cm³/mol. The van der Waals surface area contributed by atoms with Gasteiger partial charge in [-0.05, 0) is 106 Å². The van der Waals surface area contributed by atoms with E-state index in [0.717, 1.165) is 35.7 Å². The van der Waals surface area contributed by atoms with E-state index in [1.807, 2.05) is 101 Å². The maximum Gasteiger partial charge on any atom is 0.332 e. The molecular weight excluding hydrogens is 1450 g/mol. The van der Waals surface area contributed by atoms with Crippen molar-refractivity contribution in [1.82, 2.24) is 39.9 Å². The Morgan fingerprint density at radius 1 is 0.543 bits per heavy atom. The second kappa shape index (κ2) is 36.0. The third-order valence-electron chi connectivity index (χ3n) is 13.7. The molecule has 28 heteroatoms. The summed E-state index contributed by atoms with van der Waals surface area (Å²) in [5, 5.41) is 11.7. The molecule has 4 N–H and O–H groups in total. The lowest BCUT2D eigenvalue weighted by Crippen LogP contribution is -2.45. The minimum atomic E-state index is -1.58. The molecule has 6 aromatic heterocycles. The maximum atomic E-state index is 15.3. The first-order chi connectivity index (χ1) is 45.2. The number of carboxylic acids is 1. The Labute approximate surface area is 563 Å². The molecule has 94 heavy (non-hydrogen) atoms. The first-order valence-corrected chi connectivity index (χ1v) is 35.5. The number of pyridine rings is 4. The number of halogens is 8. The van der Waals surface area contributed by atoms with Crippen LogP contribution in [0.1, 0.15) is 46.5 Å². The number of anilines is 11. The van der Waals surface area contributed by atoms with E-state index < -0.39 is 47.1 Å². The molecule has 494 valence electrons. The molecule has 0 atom stereocenters. The number of rotatable bonds is 18. The summed E-state index contributed by atoms with van der Waals surface area (Å²) in [5.74, 6) is 0.889. The molecule has 0 aliphatic carbocycles. The first-order valence-electron chi connectivity index (χ1n) is 29.2. The number of para-hydroxylation sites is 3. The molecule has 11 rings (SSSR count).